The fourth-order valence-corrected chi connectivity index (χ4v) is 22.3. The van der Waals surface area contributed by atoms with Crippen molar-refractivity contribution >= 4 is 113 Å². The first-order valence-electron chi connectivity index (χ1n) is 42.4. The second kappa shape index (κ2) is 29.9. The van der Waals surface area contributed by atoms with Crippen LogP contribution in [0.1, 0.15) is 74.9 Å². The SMILES string of the molecule is CC1(C)c2ccccc2-c2c(-n3c4ccccc4c4cc(-c5cccc(-c6ccccc6Br)c5)ccc43)cccc21.CC1(C)c2ccccc2-c2cc(-n3c4ccccc4c4cc(-c5cccc(-c6ccccc6Br)c5)ccc43)ccc21.CC1(C)c2ccccc2-c2cccc(-n3c4ccccc4c4cc(-c5cccc(-c6ccccc6Br)c5)ccc43)c21. The van der Waals surface area contributed by atoms with Crippen molar-refractivity contribution in [3.63, 3.8) is 0 Å². The zero-order valence-electron chi connectivity index (χ0n) is 69.1. The highest BCUT2D eigenvalue weighted by Crippen LogP contribution is 2.56. The zero-order chi connectivity index (χ0) is 83.1. The van der Waals surface area contributed by atoms with Crippen LogP contribution in [0, 0.1) is 0 Å². The molecular formula is C117H84Br3N3. The van der Waals surface area contributed by atoms with Crippen molar-refractivity contribution in [2.75, 3.05) is 0 Å². The number of para-hydroxylation sites is 3. The van der Waals surface area contributed by atoms with Gasteiger partial charge in [0.2, 0.25) is 0 Å². The lowest BCUT2D eigenvalue weighted by Gasteiger charge is -2.25. The number of aromatic nitrogens is 3. The molecule has 0 amide bonds. The molecule has 0 radical (unpaired) electrons. The lowest BCUT2D eigenvalue weighted by atomic mass is 9.81. The van der Waals surface area contributed by atoms with Gasteiger partial charge >= 0.3 is 0 Å². The Balaban J connectivity index is 0.000000110. The van der Waals surface area contributed by atoms with Crippen LogP contribution in [0.25, 0.3) is 183 Å². The molecule has 3 aliphatic rings. The normalized spacial score (nSPS) is 13.4. The molecule has 0 saturated heterocycles. The largest absolute Gasteiger partial charge is 0.309 e. The summed E-state index contributed by atoms with van der Waals surface area (Å²) in [6.45, 7) is 14.1. The van der Waals surface area contributed by atoms with E-state index >= 15 is 0 Å². The van der Waals surface area contributed by atoms with Crippen molar-refractivity contribution < 1.29 is 0 Å². The Hall–Kier alpha value is -13.2. The first kappa shape index (κ1) is 76.0. The number of fused-ring (bicyclic) bond motifs is 18. The summed E-state index contributed by atoms with van der Waals surface area (Å²) in [5, 5.41) is 7.63. The summed E-state index contributed by atoms with van der Waals surface area (Å²) >= 11 is 11.2. The van der Waals surface area contributed by atoms with Gasteiger partial charge in [-0.1, -0.05) is 374 Å². The fourth-order valence-electron chi connectivity index (χ4n) is 20.7. The molecule has 21 aromatic rings. The van der Waals surface area contributed by atoms with E-state index in [1.807, 2.05) is 0 Å². The van der Waals surface area contributed by atoms with Crippen LogP contribution in [0.5, 0.6) is 0 Å². The van der Waals surface area contributed by atoms with E-state index in [4.69, 9.17) is 0 Å². The van der Waals surface area contributed by atoms with Crippen molar-refractivity contribution in [3.8, 4) is 117 Å². The molecule has 588 valence electrons. The molecule has 0 fully saturated rings. The van der Waals surface area contributed by atoms with Crippen LogP contribution in [0.2, 0.25) is 0 Å². The Kier molecular flexibility index (Phi) is 18.4. The predicted octanol–water partition coefficient (Wildman–Crippen LogP) is 33.6. The molecule has 0 aliphatic heterocycles. The van der Waals surface area contributed by atoms with E-state index in [9.17, 15) is 0 Å². The third-order valence-corrected chi connectivity index (χ3v) is 28.7. The predicted molar refractivity (Wildman–Crippen MR) is 531 cm³/mol. The lowest BCUT2D eigenvalue weighted by molar-refractivity contribution is 0.656. The molecule has 0 bridgehead atoms. The van der Waals surface area contributed by atoms with Crippen LogP contribution in [0.15, 0.2) is 414 Å². The number of benzene rings is 18. The van der Waals surface area contributed by atoms with Gasteiger partial charge in [0.05, 0.1) is 44.5 Å². The van der Waals surface area contributed by atoms with Crippen LogP contribution in [0.4, 0.5) is 0 Å². The van der Waals surface area contributed by atoms with E-state index in [2.05, 4.69) is 503 Å². The highest BCUT2D eigenvalue weighted by molar-refractivity contribution is 9.11. The molecule has 3 heterocycles. The minimum Gasteiger partial charge on any atom is -0.309 e. The summed E-state index contributed by atoms with van der Waals surface area (Å²) in [6, 6.07) is 146. The molecule has 123 heavy (non-hydrogen) atoms. The maximum atomic E-state index is 3.73. The summed E-state index contributed by atoms with van der Waals surface area (Å²) in [5.74, 6) is 0. The molecule has 24 rings (SSSR count). The Bertz CT molecular complexity index is 7900. The fraction of sp³-hybridized carbons (Fsp3) is 0.0769. The monoisotopic (exact) mass is 1770 g/mol. The van der Waals surface area contributed by atoms with Crippen molar-refractivity contribution in [2.45, 2.75) is 57.8 Å². The van der Waals surface area contributed by atoms with Gasteiger partial charge in [0.25, 0.3) is 0 Å². The van der Waals surface area contributed by atoms with E-state index in [1.165, 1.54) is 216 Å². The number of rotatable bonds is 9. The van der Waals surface area contributed by atoms with Crippen LogP contribution in [0.3, 0.4) is 0 Å². The highest BCUT2D eigenvalue weighted by Gasteiger charge is 2.40. The van der Waals surface area contributed by atoms with Crippen molar-refractivity contribution in [1.29, 1.82) is 0 Å². The van der Waals surface area contributed by atoms with Gasteiger partial charge in [0.1, 0.15) is 0 Å². The average molecular weight is 1770 g/mol. The molecular weight excluding hydrogens is 1690 g/mol. The topological polar surface area (TPSA) is 14.8 Å². The third-order valence-electron chi connectivity index (χ3n) is 26.6. The van der Waals surface area contributed by atoms with Gasteiger partial charge in [0.15, 0.2) is 0 Å². The Morgan fingerprint density at radius 3 is 0.976 bits per heavy atom. The summed E-state index contributed by atoms with van der Waals surface area (Å²) < 4.78 is 10.7. The molecule has 3 nitrogen and oxygen atoms in total. The summed E-state index contributed by atoms with van der Waals surface area (Å²) in [6.07, 6.45) is 0. The average Bonchev–Trinajstić information content (AvgIpc) is 1.56. The zero-order valence-corrected chi connectivity index (χ0v) is 73.8. The van der Waals surface area contributed by atoms with E-state index in [1.54, 1.807) is 0 Å². The number of nitrogens with zero attached hydrogens (tertiary/aromatic N) is 3. The van der Waals surface area contributed by atoms with Crippen LogP contribution in [-0.2, 0) is 16.2 Å². The third kappa shape index (κ3) is 12.4. The highest BCUT2D eigenvalue weighted by atomic mass is 79.9. The second-order valence-corrected chi connectivity index (χ2v) is 37.1. The lowest BCUT2D eigenvalue weighted by Crippen LogP contribution is -2.17. The molecule has 3 aliphatic carbocycles. The Morgan fingerprint density at radius 2 is 0.496 bits per heavy atom. The molecule has 0 atom stereocenters. The van der Waals surface area contributed by atoms with Crippen LogP contribution < -0.4 is 0 Å². The van der Waals surface area contributed by atoms with E-state index in [0.29, 0.717) is 0 Å². The van der Waals surface area contributed by atoms with Crippen molar-refractivity contribution in [2.24, 2.45) is 0 Å². The standard InChI is InChI=1S/3C39H28BrN/c1-39(2)32-16-6-3-15-30(32)38-33(39)17-10-20-37(38)41-35-19-8-5-14-29(35)31-24-26(21-22-36(31)41)25-11-9-12-27(23-25)28-13-4-7-18-34(28)40;1-39(2)33-17-6-3-14-29(33)31-16-10-20-37(38(31)39)41-35-19-8-5-15-30(35)32-24-26(21-22-36(32)41)25-11-9-12-27(23-25)28-13-4-7-18-34(28)40;1-39(2)34-15-6-3-13-30(34)32-24-28(19-20-35(32)39)41-37-17-8-5-14-31(37)33-23-26(18-21-38(33)41)25-10-9-11-27(22-25)29-12-4-7-16-36(29)40/h3*3-24H,1-2H3. The van der Waals surface area contributed by atoms with Gasteiger partial charge in [0, 0.05) is 73.2 Å². The first-order chi connectivity index (χ1) is 60.0. The summed E-state index contributed by atoms with van der Waals surface area (Å²) in [5.41, 5.74) is 42.0. The van der Waals surface area contributed by atoms with E-state index < -0.39 is 0 Å². The first-order valence-corrected chi connectivity index (χ1v) is 44.8. The molecule has 18 aromatic carbocycles. The molecule has 6 heteroatoms. The van der Waals surface area contributed by atoms with Crippen molar-refractivity contribution in [1.82, 2.24) is 13.7 Å². The van der Waals surface area contributed by atoms with Gasteiger partial charge in [-0.15, -0.1) is 0 Å². The van der Waals surface area contributed by atoms with Crippen molar-refractivity contribution in [3.05, 3.63) is 447 Å². The molecule has 0 spiro atoms. The Morgan fingerprint density at radius 1 is 0.187 bits per heavy atom. The van der Waals surface area contributed by atoms with Gasteiger partial charge in [-0.3, -0.25) is 0 Å². The van der Waals surface area contributed by atoms with Gasteiger partial charge in [-0.05, 0) is 243 Å². The van der Waals surface area contributed by atoms with Gasteiger partial charge in [-0.2, -0.15) is 0 Å². The number of halogens is 3. The van der Waals surface area contributed by atoms with E-state index in [0.717, 1.165) is 13.4 Å². The van der Waals surface area contributed by atoms with Gasteiger partial charge < -0.3 is 13.7 Å². The summed E-state index contributed by atoms with van der Waals surface area (Å²) in [7, 11) is 0. The van der Waals surface area contributed by atoms with E-state index in [-0.39, 0.29) is 16.2 Å². The second-order valence-electron chi connectivity index (χ2n) is 34.6. The van der Waals surface area contributed by atoms with Crippen LogP contribution in [-0.4, -0.2) is 13.7 Å². The minimum atomic E-state index is -0.0910. The van der Waals surface area contributed by atoms with Crippen LogP contribution >= 0.6 is 47.8 Å². The smallest absolute Gasteiger partial charge is 0.0543 e. The Labute approximate surface area is 742 Å². The molecule has 0 N–H and O–H groups in total. The molecule has 3 aromatic heterocycles. The summed E-state index contributed by atoms with van der Waals surface area (Å²) in [4.78, 5) is 0. The maximum absolute atomic E-state index is 3.73. The molecule has 0 saturated carbocycles. The quantitative estimate of drug-likeness (QED) is 0.137. The number of hydrogen-bond acceptors (Lipinski definition) is 0. The minimum absolute atomic E-state index is 0.00402. The van der Waals surface area contributed by atoms with Gasteiger partial charge in [-0.25, -0.2) is 0 Å². The molecule has 0 unspecified atom stereocenters. The maximum Gasteiger partial charge on any atom is 0.0543 e. The number of hydrogen-bond donors (Lipinski definition) is 0.